The molecule has 3 rings (SSSR count). The van der Waals surface area contributed by atoms with E-state index in [0.717, 1.165) is 22.7 Å². The standard InChI is InChI=1S/C19H19NO.C2H6/c1-12-5-7-15(8-6-12)19-13(2)17-10-9-16(21-4)11-18(17)14(3)20-19;1-2/h5-11,20H,3H2,1-2,4H3;1-2H3. The Balaban J connectivity index is 0.000000924. The molecule has 0 unspecified atom stereocenters. The molecule has 0 radical (unpaired) electrons. The van der Waals surface area contributed by atoms with Crippen molar-refractivity contribution in [2.75, 3.05) is 7.11 Å². The molecule has 0 spiro atoms. The Labute approximate surface area is 139 Å². The fraction of sp³-hybridized carbons (Fsp3) is 0.238. The molecule has 0 aromatic heterocycles. The molecule has 2 nitrogen and oxygen atoms in total. The van der Waals surface area contributed by atoms with Crippen molar-refractivity contribution in [3.8, 4) is 5.75 Å². The second-order valence-corrected chi connectivity index (χ2v) is 5.38. The minimum Gasteiger partial charge on any atom is -0.497 e. The fourth-order valence-electron chi connectivity index (χ4n) is 2.68. The molecule has 0 aliphatic carbocycles. The molecule has 2 heteroatoms. The van der Waals surface area contributed by atoms with E-state index in [1.54, 1.807) is 7.11 Å². The van der Waals surface area contributed by atoms with E-state index in [-0.39, 0.29) is 0 Å². The summed E-state index contributed by atoms with van der Waals surface area (Å²) in [4.78, 5) is 0. The van der Waals surface area contributed by atoms with Crippen LogP contribution in [0.5, 0.6) is 5.75 Å². The maximum Gasteiger partial charge on any atom is 0.119 e. The zero-order chi connectivity index (χ0) is 17.0. The van der Waals surface area contributed by atoms with E-state index in [1.807, 2.05) is 26.0 Å². The highest BCUT2D eigenvalue weighted by Gasteiger charge is 2.19. The molecule has 120 valence electrons. The third kappa shape index (κ3) is 3.31. The van der Waals surface area contributed by atoms with E-state index in [1.165, 1.54) is 22.3 Å². The molecule has 0 fully saturated rings. The van der Waals surface area contributed by atoms with Gasteiger partial charge in [-0.2, -0.15) is 0 Å². The molecule has 23 heavy (non-hydrogen) atoms. The first kappa shape index (κ1) is 16.9. The molecule has 0 amide bonds. The third-order valence-electron chi connectivity index (χ3n) is 3.95. The highest BCUT2D eigenvalue weighted by Crippen LogP contribution is 2.36. The van der Waals surface area contributed by atoms with Gasteiger partial charge in [0, 0.05) is 17.0 Å². The first-order valence-corrected chi connectivity index (χ1v) is 8.03. The first-order chi connectivity index (χ1) is 11.1. The maximum atomic E-state index is 5.30. The van der Waals surface area contributed by atoms with Crippen LogP contribution in [-0.4, -0.2) is 7.11 Å². The van der Waals surface area contributed by atoms with Gasteiger partial charge >= 0.3 is 0 Å². The lowest BCUT2D eigenvalue weighted by Gasteiger charge is -2.25. The molecule has 1 aliphatic heterocycles. The molecule has 0 bridgehead atoms. The summed E-state index contributed by atoms with van der Waals surface area (Å²) in [6.07, 6.45) is 0. The molecular formula is C21H25NO. The van der Waals surface area contributed by atoms with Crippen LogP contribution in [0.3, 0.4) is 0 Å². The summed E-state index contributed by atoms with van der Waals surface area (Å²) >= 11 is 0. The summed E-state index contributed by atoms with van der Waals surface area (Å²) in [5, 5.41) is 3.44. The number of nitrogens with one attached hydrogen (secondary N) is 1. The average Bonchev–Trinajstić information content (AvgIpc) is 2.60. The Morgan fingerprint density at radius 1 is 0.913 bits per heavy atom. The van der Waals surface area contributed by atoms with E-state index in [9.17, 15) is 0 Å². The van der Waals surface area contributed by atoms with Gasteiger partial charge in [0.25, 0.3) is 0 Å². The smallest absolute Gasteiger partial charge is 0.119 e. The number of methoxy groups -OCH3 is 1. The van der Waals surface area contributed by atoms with Gasteiger partial charge < -0.3 is 10.1 Å². The summed E-state index contributed by atoms with van der Waals surface area (Å²) in [5.41, 5.74) is 8.00. The van der Waals surface area contributed by atoms with E-state index in [4.69, 9.17) is 4.74 Å². The molecule has 0 atom stereocenters. The predicted molar refractivity (Wildman–Crippen MR) is 100 cm³/mol. The van der Waals surface area contributed by atoms with Crippen molar-refractivity contribution in [1.29, 1.82) is 0 Å². The van der Waals surface area contributed by atoms with Gasteiger partial charge in [0.2, 0.25) is 0 Å². The number of rotatable bonds is 2. The monoisotopic (exact) mass is 307 g/mol. The van der Waals surface area contributed by atoms with Crippen LogP contribution in [0.4, 0.5) is 0 Å². The van der Waals surface area contributed by atoms with Gasteiger partial charge in [0.1, 0.15) is 5.75 Å². The van der Waals surface area contributed by atoms with Gasteiger partial charge in [-0.3, -0.25) is 0 Å². The van der Waals surface area contributed by atoms with E-state index in [2.05, 4.69) is 56.1 Å². The third-order valence-corrected chi connectivity index (χ3v) is 3.95. The second-order valence-electron chi connectivity index (χ2n) is 5.38. The second kappa shape index (κ2) is 7.19. The van der Waals surface area contributed by atoms with Crippen LogP contribution in [0.25, 0.3) is 17.0 Å². The van der Waals surface area contributed by atoms with Crippen LogP contribution in [0.2, 0.25) is 0 Å². The van der Waals surface area contributed by atoms with Crippen molar-refractivity contribution in [2.45, 2.75) is 27.7 Å². The van der Waals surface area contributed by atoms with Crippen LogP contribution in [0.15, 0.2) is 49.0 Å². The Morgan fingerprint density at radius 2 is 1.57 bits per heavy atom. The summed E-state index contributed by atoms with van der Waals surface area (Å²) in [7, 11) is 1.68. The normalized spacial score (nSPS) is 12.8. The van der Waals surface area contributed by atoms with Gasteiger partial charge in [0.05, 0.1) is 7.11 Å². The number of fused-ring (bicyclic) bond motifs is 1. The summed E-state index contributed by atoms with van der Waals surface area (Å²) < 4.78 is 5.30. The molecule has 2 aromatic rings. The summed E-state index contributed by atoms with van der Waals surface area (Å²) in [6.45, 7) is 12.4. The molecule has 0 saturated heterocycles. The first-order valence-electron chi connectivity index (χ1n) is 8.03. The lowest BCUT2D eigenvalue weighted by Crippen LogP contribution is -2.17. The van der Waals surface area contributed by atoms with Gasteiger partial charge in [-0.05, 0) is 42.7 Å². The number of benzene rings is 2. The molecule has 0 saturated carbocycles. The van der Waals surface area contributed by atoms with Crippen LogP contribution >= 0.6 is 0 Å². The number of hydrogen-bond donors (Lipinski definition) is 1. The zero-order valence-electron chi connectivity index (χ0n) is 14.7. The van der Waals surface area contributed by atoms with Crippen LogP contribution < -0.4 is 10.1 Å². The van der Waals surface area contributed by atoms with Crippen molar-refractivity contribution in [1.82, 2.24) is 5.32 Å². The number of allylic oxidation sites excluding steroid dienone is 1. The van der Waals surface area contributed by atoms with Gasteiger partial charge in [-0.1, -0.05) is 56.3 Å². The van der Waals surface area contributed by atoms with E-state index in [0.29, 0.717) is 0 Å². The zero-order valence-corrected chi connectivity index (χ0v) is 14.7. The van der Waals surface area contributed by atoms with Crippen LogP contribution in [-0.2, 0) is 0 Å². The quantitative estimate of drug-likeness (QED) is 0.792. The van der Waals surface area contributed by atoms with Crippen molar-refractivity contribution >= 4 is 17.0 Å². The molecular weight excluding hydrogens is 282 g/mol. The van der Waals surface area contributed by atoms with Crippen molar-refractivity contribution < 1.29 is 4.74 Å². The highest BCUT2D eigenvalue weighted by atomic mass is 16.5. The molecule has 1 aliphatic rings. The largest absolute Gasteiger partial charge is 0.497 e. The van der Waals surface area contributed by atoms with Crippen molar-refractivity contribution in [3.63, 3.8) is 0 Å². The molecule has 2 aromatic carbocycles. The van der Waals surface area contributed by atoms with E-state index < -0.39 is 0 Å². The number of ether oxygens (including phenoxy) is 1. The topological polar surface area (TPSA) is 21.3 Å². The molecule has 1 heterocycles. The van der Waals surface area contributed by atoms with E-state index >= 15 is 0 Å². The molecule has 1 N–H and O–H groups in total. The van der Waals surface area contributed by atoms with Gasteiger partial charge in [-0.25, -0.2) is 0 Å². The van der Waals surface area contributed by atoms with Crippen molar-refractivity contribution in [3.05, 3.63) is 71.3 Å². The number of aryl methyl sites for hydroxylation is 1. The van der Waals surface area contributed by atoms with Gasteiger partial charge in [-0.15, -0.1) is 0 Å². The lowest BCUT2D eigenvalue weighted by atomic mass is 9.91. The Bertz CT molecular complexity index is 739. The summed E-state index contributed by atoms with van der Waals surface area (Å²) in [6, 6.07) is 14.7. The van der Waals surface area contributed by atoms with Crippen LogP contribution in [0.1, 0.15) is 43.0 Å². The van der Waals surface area contributed by atoms with Gasteiger partial charge in [0.15, 0.2) is 0 Å². The van der Waals surface area contributed by atoms with Crippen LogP contribution in [0, 0.1) is 6.92 Å². The average molecular weight is 307 g/mol. The SMILES string of the molecule is C=C1NC(c2ccc(C)cc2)=C(C)c2ccc(OC)cc21.CC. The minimum atomic E-state index is 0.850. The Hall–Kier alpha value is -2.48. The Morgan fingerprint density at radius 3 is 2.17 bits per heavy atom. The van der Waals surface area contributed by atoms with Crippen molar-refractivity contribution in [2.24, 2.45) is 0 Å². The highest BCUT2D eigenvalue weighted by molar-refractivity contribution is 5.99. The number of hydrogen-bond acceptors (Lipinski definition) is 2. The predicted octanol–water partition coefficient (Wildman–Crippen LogP) is 5.49. The maximum absolute atomic E-state index is 5.30. The Kier molecular flexibility index (Phi) is 5.28. The lowest BCUT2D eigenvalue weighted by molar-refractivity contribution is 0.414. The minimum absolute atomic E-state index is 0.850. The fourth-order valence-corrected chi connectivity index (χ4v) is 2.68. The summed E-state index contributed by atoms with van der Waals surface area (Å²) in [5.74, 6) is 0.850.